The number of hydrogen-bond donors (Lipinski definition) is 0. The van der Waals surface area contributed by atoms with Crippen LogP contribution in [0.3, 0.4) is 0 Å². The first-order chi connectivity index (χ1) is 8.33. The van der Waals surface area contributed by atoms with Gasteiger partial charge in [0.2, 0.25) is 5.95 Å². The van der Waals surface area contributed by atoms with E-state index in [1.54, 1.807) is 12.3 Å². The maximum atomic E-state index is 8.81. The molecule has 0 radical (unpaired) electrons. The predicted molar refractivity (Wildman–Crippen MR) is 66.6 cm³/mol. The quantitative estimate of drug-likeness (QED) is 0.800. The van der Waals surface area contributed by atoms with Crippen LogP contribution in [0.4, 0.5) is 5.95 Å². The average molecular weight is 230 g/mol. The summed E-state index contributed by atoms with van der Waals surface area (Å²) in [7, 11) is 0. The minimum Gasteiger partial charge on any atom is -0.341 e. The molecule has 1 aromatic heterocycles. The molecule has 0 N–H and O–H groups in total. The second-order valence-electron chi connectivity index (χ2n) is 4.57. The number of piperidine rings is 1. The van der Waals surface area contributed by atoms with Crippen molar-refractivity contribution in [2.45, 2.75) is 32.6 Å². The molecule has 17 heavy (non-hydrogen) atoms. The van der Waals surface area contributed by atoms with Crippen LogP contribution in [0.1, 0.15) is 38.3 Å². The zero-order valence-corrected chi connectivity index (χ0v) is 10.3. The van der Waals surface area contributed by atoms with Crippen molar-refractivity contribution in [1.29, 1.82) is 5.26 Å². The second-order valence-corrected chi connectivity index (χ2v) is 4.57. The Morgan fingerprint density at radius 1 is 1.47 bits per heavy atom. The van der Waals surface area contributed by atoms with E-state index >= 15 is 0 Å². The van der Waals surface area contributed by atoms with Gasteiger partial charge in [-0.3, -0.25) is 0 Å². The van der Waals surface area contributed by atoms with Crippen LogP contribution >= 0.6 is 0 Å². The third kappa shape index (κ3) is 2.94. The lowest BCUT2D eigenvalue weighted by atomic mass is 9.93. The van der Waals surface area contributed by atoms with E-state index in [-0.39, 0.29) is 0 Å². The first kappa shape index (κ1) is 11.8. The molecule has 1 fully saturated rings. The van der Waals surface area contributed by atoms with Crippen LogP contribution in [-0.2, 0) is 0 Å². The largest absolute Gasteiger partial charge is 0.341 e. The minimum absolute atomic E-state index is 0.450. The Bertz CT molecular complexity index is 402. The fraction of sp³-hybridized carbons (Fsp3) is 0.615. The first-order valence-electron chi connectivity index (χ1n) is 6.31. The van der Waals surface area contributed by atoms with Crippen LogP contribution in [0.15, 0.2) is 12.3 Å². The van der Waals surface area contributed by atoms with E-state index in [1.165, 1.54) is 25.7 Å². The number of hydrogen-bond acceptors (Lipinski definition) is 4. The number of aromatic nitrogens is 2. The maximum absolute atomic E-state index is 8.81. The van der Waals surface area contributed by atoms with Gasteiger partial charge in [-0.25, -0.2) is 9.97 Å². The van der Waals surface area contributed by atoms with Gasteiger partial charge < -0.3 is 4.90 Å². The molecule has 0 atom stereocenters. The predicted octanol–water partition coefficient (Wildman–Crippen LogP) is 2.36. The zero-order valence-electron chi connectivity index (χ0n) is 10.3. The number of nitriles is 1. The van der Waals surface area contributed by atoms with Crippen LogP contribution in [0.2, 0.25) is 0 Å². The summed E-state index contributed by atoms with van der Waals surface area (Å²) in [5.74, 6) is 1.56. The Labute approximate surface area is 102 Å². The zero-order chi connectivity index (χ0) is 12.1. The molecule has 0 saturated carbocycles. The molecular weight excluding hydrogens is 212 g/mol. The van der Waals surface area contributed by atoms with Crippen molar-refractivity contribution in [3.8, 4) is 6.07 Å². The van der Waals surface area contributed by atoms with Crippen LogP contribution in [0.5, 0.6) is 0 Å². The molecule has 0 unspecified atom stereocenters. The third-order valence-electron chi connectivity index (χ3n) is 3.35. The Kier molecular flexibility index (Phi) is 3.92. The molecule has 4 nitrogen and oxygen atoms in total. The highest BCUT2D eigenvalue weighted by atomic mass is 15.2. The van der Waals surface area contributed by atoms with Crippen molar-refractivity contribution in [2.24, 2.45) is 5.92 Å². The van der Waals surface area contributed by atoms with E-state index in [1.807, 2.05) is 0 Å². The van der Waals surface area contributed by atoms with Gasteiger partial charge in [0.15, 0.2) is 0 Å². The van der Waals surface area contributed by atoms with Gasteiger partial charge in [0.25, 0.3) is 0 Å². The number of rotatable bonds is 3. The minimum atomic E-state index is 0.450. The molecule has 0 aromatic carbocycles. The van der Waals surface area contributed by atoms with Gasteiger partial charge in [0.05, 0.1) is 0 Å². The van der Waals surface area contributed by atoms with E-state index in [4.69, 9.17) is 5.26 Å². The van der Waals surface area contributed by atoms with Gasteiger partial charge in [-0.15, -0.1) is 0 Å². The summed E-state index contributed by atoms with van der Waals surface area (Å²) in [5.41, 5.74) is 0.450. The number of anilines is 1. The van der Waals surface area contributed by atoms with Crippen molar-refractivity contribution in [2.75, 3.05) is 18.0 Å². The highest BCUT2D eigenvalue weighted by Gasteiger charge is 2.20. The van der Waals surface area contributed by atoms with E-state index in [9.17, 15) is 0 Å². The van der Waals surface area contributed by atoms with Crippen molar-refractivity contribution in [3.05, 3.63) is 18.0 Å². The lowest BCUT2D eigenvalue weighted by Gasteiger charge is -2.31. The summed E-state index contributed by atoms with van der Waals surface area (Å²) < 4.78 is 0. The molecule has 90 valence electrons. The summed E-state index contributed by atoms with van der Waals surface area (Å²) in [6.07, 6.45) is 6.69. The fourth-order valence-corrected chi connectivity index (χ4v) is 2.39. The third-order valence-corrected chi connectivity index (χ3v) is 3.35. The van der Waals surface area contributed by atoms with Crippen molar-refractivity contribution < 1.29 is 0 Å². The summed E-state index contributed by atoms with van der Waals surface area (Å²) in [4.78, 5) is 10.7. The van der Waals surface area contributed by atoms with Crippen LogP contribution in [0, 0.1) is 17.2 Å². The molecule has 2 rings (SSSR count). The molecular formula is C13H18N4. The molecule has 0 aliphatic carbocycles. The number of nitrogens with zero attached hydrogens (tertiary/aromatic N) is 4. The Hall–Kier alpha value is -1.63. The van der Waals surface area contributed by atoms with E-state index in [0.29, 0.717) is 11.6 Å². The van der Waals surface area contributed by atoms with E-state index < -0.39 is 0 Å². The summed E-state index contributed by atoms with van der Waals surface area (Å²) in [6.45, 7) is 4.27. The standard InChI is InChI=1S/C13H18N4/c1-2-3-11-5-8-17(9-6-11)13-15-7-4-12(10-14)16-13/h4,7,11H,2-3,5-6,8-9H2,1H3. The van der Waals surface area contributed by atoms with Crippen molar-refractivity contribution >= 4 is 5.95 Å². The van der Waals surface area contributed by atoms with Gasteiger partial charge in [-0.05, 0) is 24.8 Å². The lowest BCUT2D eigenvalue weighted by Crippen LogP contribution is -2.34. The maximum Gasteiger partial charge on any atom is 0.226 e. The van der Waals surface area contributed by atoms with E-state index in [0.717, 1.165) is 19.0 Å². The summed E-state index contributed by atoms with van der Waals surface area (Å²) >= 11 is 0. The van der Waals surface area contributed by atoms with Crippen LogP contribution in [-0.4, -0.2) is 23.1 Å². The molecule has 0 bridgehead atoms. The topological polar surface area (TPSA) is 52.8 Å². The molecule has 1 saturated heterocycles. The average Bonchev–Trinajstić information content (AvgIpc) is 2.40. The van der Waals surface area contributed by atoms with Gasteiger partial charge in [-0.2, -0.15) is 5.26 Å². The Morgan fingerprint density at radius 3 is 2.88 bits per heavy atom. The smallest absolute Gasteiger partial charge is 0.226 e. The highest BCUT2D eigenvalue weighted by molar-refractivity contribution is 5.33. The Morgan fingerprint density at radius 2 is 2.24 bits per heavy atom. The summed E-state index contributed by atoms with van der Waals surface area (Å²) in [5, 5.41) is 8.81. The monoisotopic (exact) mass is 230 g/mol. The van der Waals surface area contributed by atoms with Gasteiger partial charge in [0.1, 0.15) is 11.8 Å². The molecule has 0 spiro atoms. The molecule has 2 heterocycles. The van der Waals surface area contributed by atoms with Gasteiger partial charge in [-0.1, -0.05) is 19.8 Å². The lowest BCUT2D eigenvalue weighted by molar-refractivity contribution is 0.376. The fourth-order valence-electron chi connectivity index (χ4n) is 2.39. The molecule has 1 aliphatic heterocycles. The van der Waals surface area contributed by atoms with E-state index in [2.05, 4.69) is 27.9 Å². The van der Waals surface area contributed by atoms with Crippen LogP contribution in [0.25, 0.3) is 0 Å². The molecule has 0 amide bonds. The van der Waals surface area contributed by atoms with Crippen molar-refractivity contribution in [1.82, 2.24) is 9.97 Å². The first-order valence-corrected chi connectivity index (χ1v) is 6.31. The molecule has 4 heteroatoms. The van der Waals surface area contributed by atoms with Crippen LogP contribution < -0.4 is 4.90 Å². The highest BCUT2D eigenvalue weighted by Crippen LogP contribution is 2.23. The normalized spacial score (nSPS) is 16.8. The molecule has 1 aliphatic rings. The SMILES string of the molecule is CCCC1CCN(c2nccc(C#N)n2)CC1. The van der Waals surface area contributed by atoms with Crippen molar-refractivity contribution in [3.63, 3.8) is 0 Å². The molecule has 1 aromatic rings. The summed E-state index contributed by atoms with van der Waals surface area (Å²) in [6, 6.07) is 3.70. The second kappa shape index (κ2) is 5.62. The van der Waals surface area contributed by atoms with Gasteiger partial charge in [0, 0.05) is 19.3 Å². The Balaban J connectivity index is 1.98. The van der Waals surface area contributed by atoms with Gasteiger partial charge >= 0.3 is 0 Å².